The number of likely N-dealkylation sites (tertiary alicyclic amines) is 2. The van der Waals surface area contributed by atoms with Crippen LogP contribution in [0.1, 0.15) is 25.7 Å². The van der Waals surface area contributed by atoms with Gasteiger partial charge < -0.3 is 10.0 Å². The highest BCUT2D eigenvalue weighted by Gasteiger charge is 2.36. The molecule has 1 atom stereocenters. The Morgan fingerprint density at radius 3 is 2.67 bits per heavy atom. The maximum absolute atomic E-state index is 11.3. The molecule has 3 heterocycles. The van der Waals surface area contributed by atoms with E-state index in [-0.39, 0.29) is 6.04 Å². The van der Waals surface area contributed by atoms with E-state index < -0.39 is 5.97 Å². The molecule has 0 aliphatic carbocycles. The van der Waals surface area contributed by atoms with Gasteiger partial charge in [0.25, 0.3) is 0 Å². The van der Waals surface area contributed by atoms with Gasteiger partial charge in [-0.3, -0.25) is 14.4 Å². The quantitative estimate of drug-likeness (QED) is 0.873. The van der Waals surface area contributed by atoms with Crippen LogP contribution in [-0.2, 0) is 11.3 Å². The molecular formula is C15H24N4O2. The highest BCUT2D eigenvalue weighted by molar-refractivity contribution is 5.73. The first-order valence-corrected chi connectivity index (χ1v) is 7.92. The van der Waals surface area contributed by atoms with Gasteiger partial charge in [0.1, 0.15) is 6.04 Å². The Labute approximate surface area is 125 Å². The summed E-state index contributed by atoms with van der Waals surface area (Å²) in [7, 11) is 0. The van der Waals surface area contributed by atoms with Crippen molar-refractivity contribution in [2.45, 2.75) is 44.3 Å². The zero-order valence-corrected chi connectivity index (χ0v) is 12.4. The minimum absolute atomic E-state index is 0.245. The van der Waals surface area contributed by atoms with E-state index in [4.69, 9.17) is 0 Å². The largest absolute Gasteiger partial charge is 0.480 e. The van der Waals surface area contributed by atoms with E-state index in [0.29, 0.717) is 6.04 Å². The lowest BCUT2D eigenvalue weighted by molar-refractivity contribution is -0.143. The lowest BCUT2D eigenvalue weighted by atomic mass is 10.0. The van der Waals surface area contributed by atoms with Crippen LogP contribution in [0.15, 0.2) is 18.5 Å². The Bertz CT molecular complexity index is 454. The smallest absolute Gasteiger partial charge is 0.320 e. The monoisotopic (exact) mass is 292 g/mol. The van der Waals surface area contributed by atoms with Crippen molar-refractivity contribution in [2.24, 2.45) is 0 Å². The van der Waals surface area contributed by atoms with E-state index in [1.54, 1.807) is 0 Å². The van der Waals surface area contributed by atoms with Gasteiger partial charge in [0, 0.05) is 25.0 Å². The number of carbonyl (C=O) groups is 1. The molecule has 0 amide bonds. The summed E-state index contributed by atoms with van der Waals surface area (Å²) in [4.78, 5) is 16.0. The number of piperidine rings is 1. The molecule has 1 aromatic rings. The molecule has 6 heteroatoms. The van der Waals surface area contributed by atoms with Crippen molar-refractivity contribution in [3.63, 3.8) is 0 Å². The van der Waals surface area contributed by atoms with Crippen LogP contribution in [0.3, 0.4) is 0 Å². The number of hydrogen-bond acceptors (Lipinski definition) is 4. The molecule has 3 rings (SSSR count). The van der Waals surface area contributed by atoms with Crippen LogP contribution in [-0.4, -0.2) is 68.9 Å². The van der Waals surface area contributed by atoms with Crippen molar-refractivity contribution in [1.29, 1.82) is 0 Å². The molecule has 2 fully saturated rings. The average Bonchev–Trinajstić information content (AvgIpc) is 3.17. The first-order chi connectivity index (χ1) is 10.2. The summed E-state index contributed by atoms with van der Waals surface area (Å²) in [5.74, 6) is -0.645. The second-order valence-electron chi connectivity index (χ2n) is 6.08. The molecule has 2 saturated heterocycles. The maximum atomic E-state index is 11.3. The molecule has 2 aliphatic heterocycles. The molecule has 2 aliphatic rings. The fraction of sp³-hybridized carbons (Fsp3) is 0.733. The first kappa shape index (κ1) is 14.5. The second kappa shape index (κ2) is 6.58. The molecule has 21 heavy (non-hydrogen) atoms. The number of aromatic nitrogens is 2. The van der Waals surface area contributed by atoms with Crippen LogP contribution in [0, 0.1) is 0 Å². The highest BCUT2D eigenvalue weighted by Crippen LogP contribution is 2.26. The summed E-state index contributed by atoms with van der Waals surface area (Å²) in [6.07, 6.45) is 7.82. The minimum Gasteiger partial charge on any atom is -0.480 e. The summed E-state index contributed by atoms with van der Waals surface area (Å²) < 4.78 is 1.97. The molecule has 0 saturated carbocycles. The van der Waals surface area contributed by atoms with Crippen molar-refractivity contribution < 1.29 is 9.90 Å². The third-order valence-electron chi connectivity index (χ3n) is 4.81. The van der Waals surface area contributed by atoms with Gasteiger partial charge in [-0.2, -0.15) is 5.10 Å². The second-order valence-corrected chi connectivity index (χ2v) is 6.08. The van der Waals surface area contributed by atoms with Gasteiger partial charge in [0.05, 0.1) is 6.54 Å². The molecular weight excluding hydrogens is 268 g/mol. The Hall–Kier alpha value is -1.40. The van der Waals surface area contributed by atoms with Gasteiger partial charge in [0.2, 0.25) is 0 Å². The number of carboxylic acid groups (broad SMARTS) is 1. The highest BCUT2D eigenvalue weighted by atomic mass is 16.4. The van der Waals surface area contributed by atoms with Crippen LogP contribution in [0.25, 0.3) is 0 Å². The van der Waals surface area contributed by atoms with Gasteiger partial charge >= 0.3 is 5.97 Å². The van der Waals surface area contributed by atoms with Gasteiger partial charge in [0.15, 0.2) is 0 Å². The topological polar surface area (TPSA) is 61.6 Å². The molecule has 0 bridgehead atoms. The predicted molar refractivity (Wildman–Crippen MR) is 79.1 cm³/mol. The Balaban J connectivity index is 1.45. The van der Waals surface area contributed by atoms with E-state index in [9.17, 15) is 9.90 Å². The fourth-order valence-corrected chi connectivity index (χ4v) is 3.64. The van der Waals surface area contributed by atoms with Gasteiger partial charge in [-0.1, -0.05) is 0 Å². The van der Waals surface area contributed by atoms with Crippen LogP contribution in [0.2, 0.25) is 0 Å². The third-order valence-corrected chi connectivity index (χ3v) is 4.81. The summed E-state index contributed by atoms with van der Waals surface area (Å²) in [5.41, 5.74) is 0. The van der Waals surface area contributed by atoms with Crippen molar-refractivity contribution in [2.75, 3.05) is 26.2 Å². The number of aliphatic carboxylic acids is 1. The number of nitrogens with zero attached hydrogens (tertiary/aromatic N) is 4. The van der Waals surface area contributed by atoms with Crippen LogP contribution >= 0.6 is 0 Å². The SMILES string of the molecule is O=C(O)C1CCCN1C1CCN(CCn2cccn2)CC1. The molecule has 6 nitrogen and oxygen atoms in total. The standard InChI is InChI=1S/C15H24N4O2/c20-15(21)14-3-1-8-19(14)13-4-9-17(10-5-13)11-12-18-7-2-6-16-18/h2,6-7,13-14H,1,3-5,8-12H2,(H,20,21). The lowest BCUT2D eigenvalue weighted by Crippen LogP contribution is -2.49. The summed E-state index contributed by atoms with van der Waals surface area (Å²) in [6.45, 7) is 5.04. The molecule has 0 spiro atoms. The maximum Gasteiger partial charge on any atom is 0.320 e. The van der Waals surface area contributed by atoms with E-state index in [0.717, 1.165) is 58.4 Å². The summed E-state index contributed by atoms with van der Waals surface area (Å²) in [6, 6.07) is 2.16. The summed E-state index contributed by atoms with van der Waals surface area (Å²) in [5, 5.41) is 13.5. The third kappa shape index (κ3) is 3.44. The normalized spacial score (nSPS) is 25.4. The number of hydrogen-bond donors (Lipinski definition) is 1. The molecule has 1 N–H and O–H groups in total. The van der Waals surface area contributed by atoms with Gasteiger partial charge in [-0.25, -0.2) is 0 Å². The zero-order chi connectivity index (χ0) is 14.7. The van der Waals surface area contributed by atoms with Crippen LogP contribution in [0.5, 0.6) is 0 Å². The average molecular weight is 292 g/mol. The van der Waals surface area contributed by atoms with E-state index in [1.165, 1.54) is 0 Å². The molecule has 1 aromatic heterocycles. The Morgan fingerprint density at radius 1 is 1.19 bits per heavy atom. The summed E-state index contributed by atoms with van der Waals surface area (Å²) >= 11 is 0. The predicted octanol–water partition coefficient (Wildman–Crippen LogP) is 0.897. The van der Waals surface area contributed by atoms with Gasteiger partial charge in [-0.15, -0.1) is 0 Å². The number of carboxylic acids is 1. The van der Waals surface area contributed by atoms with Crippen molar-refractivity contribution >= 4 is 5.97 Å². The Morgan fingerprint density at radius 2 is 2.00 bits per heavy atom. The fourth-order valence-electron chi connectivity index (χ4n) is 3.64. The molecule has 1 unspecified atom stereocenters. The minimum atomic E-state index is -0.645. The lowest BCUT2D eigenvalue weighted by Gasteiger charge is -2.38. The van der Waals surface area contributed by atoms with Crippen molar-refractivity contribution in [3.8, 4) is 0 Å². The van der Waals surface area contributed by atoms with E-state index in [1.807, 2.05) is 23.1 Å². The first-order valence-electron chi connectivity index (χ1n) is 7.92. The van der Waals surface area contributed by atoms with Crippen LogP contribution in [0.4, 0.5) is 0 Å². The van der Waals surface area contributed by atoms with E-state index in [2.05, 4.69) is 14.9 Å². The van der Waals surface area contributed by atoms with Crippen LogP contribution < -0.4 is 0 Å². The van der Waals surface area contributed by atoms with Gasteiger partial charge in [-0.05, 0) is 51.4 Å². The molecule has 116 valence electrons. The number of rotatable bonds is 5. The molecule has 0 aromatic carbocycles. The molecule has 0 radical (unpaired) electrons. The van der Waals surface area contributed by atoms with Crippen molar-refractivity contribution in [3.05, 3.63) is 18.5 Å². The van der Waals surface area contributed by atoms with E-state index >= 15 is 0 Å². The van der Waals surface area contributed by atoms with Crippen molar-refractivity contribution in [1.82, 2.24) is 19.6 Å². The zero-order valence-electron chi connectivity index (χ0n) is 12.4. The Kier molecular flexibility index (Phi) is 4.55.